The van der Waals surface area contributed by atoms with Gasteiger partial charge in [-0.05, 0) is 29.7 Å². The van der Waals surface area contributed by atoms with Crippen molar-refractivity contribution in [1.29, 1.82) is 0 Å². The SMILES string of the molecule is CCc1ccc(C[N+](=O)c2csc(-c3ccc(Cl)cc3)c2C(=O)O)cc1. The van der Waals surface area contributed by atoms with Crippen molar-refractivity contribution in [2.75, 3.05) is 0 Å². The minimum atomic E-state index is -1.12. The van der Waals surface area contributed by atoms with E-state index >= 15 is 0 Å². The predicted molar refractivity (Wildman–Crippen MR) is 105 cm³/mol. The molecule has 0 bridgehead atoms. The molecule has 2 aromatic carbocycles. The second-order valence-electron chi connectivity index (χ2n) is 5.84. The maximum Gasteiger partial charge on any atom is 0.344 e. The molecule has 1 aromatic heterocycles. The fourth-order valence-corrected chi connectivity index (χ4v) is 3.86. The van der Waals surface area contributed by atoms with E-state index < -0.39 is 5.97 Å². The zero-order valence-corrected chi connectivity index (χ0v) is 15.7. The summed E-state index contributed by atoms with van der Waals surface area (Å²) >= 11 is 7.14. The topological polar surface area (TPSA) is 57.4 Å². The molecule has 0 unspecified atom stereocenters. The third kappa shape index (κ3) is 3.84. The third-order valence-electron chi connectivity index (χ3n) is 4.12. The first-order chi connectivity index (χ1) is 12.5. The second kappa shape index (κ2) is 7.81. The number of halogens is 1. The molecule has 1 heterocycles. The van der Waals surface area contributed by atoms with Crippen LogP contribution in [0.15, 0.2) is 53.9 Å². The summed E-state index contributed by atoms with van der Waals surface area (Å²) in [5, 5.41) is 11.8. The van der Waals surface area contributed by atoms with Crippen LogP contribution in [0.4, 0.5) is 5.69 Å². The van der Waals surface area contributed by atoms with Crippen molar-refractivity contribution in [3.8, 4) is 10.4 Å². The fourth-order valence-electron chi connectivity index (χ4n) is 2.68. The second-order valence-corrected chi connectivity index (χ2v) is 7.16. The van der Waals surface area contributed by atoms with Crippen LogP contribution in [-0.2, 0) is 13.0 Å². The normalized spacial score (nSPS) is 10.7. The van der Waals surface area contributed by atoms with Gasteiger partial charge in [-0.15, -0.1) is 11.3 Å². The Morgan fingerprint density at radius 2 is 1.69 bits per heavy atom. The number of hydrogen-bond donors (Lipinski definition) is 1. The van der Waals surface area contributed by atoms with Crippen molar-refractivity contribution in [2.45, 2.75) is 19.9 Å². The first-order valence-corrected chi connectivity index (χ1v) is 9.38. The van der Waals surface area contributed by atoms with Crippen molar-refractivity contribution in [2.24, 2.45) is 0 Å². The van der Waals surface area contributed by atoms with Crippen LogP contribution < -0.4 is 0 Å². The summed E-state index contributed by atoms with van der Waals surface area (Å²) in [6.07, 6.45) is 0.930. The van der Waals surface area contributed by atoms with Crippen LogP contribution in [0.5, 0.6) is 0 Å². The molecule has 0 amide bonds. The molecule has 3 rings (SSSR count). The van der Waals surface area contributed by atoms with Crippen LogP contribution in [0.1, 0.15) is 28.4 Å². The van der Waals surface area contributed by atoms with Crippen molar-refractivity contribution >= 4 is 34.6 Å². The van der Waals surface area contributed by atoms with E-state index in [1.807, 2.05) is 24.3 Å². The average Bonchev–Trinajstić information content (AvgIpc) is 3.08. The Hall–Kier alpha value is -2.50. The highest BCUT2D eigenvalue weighted by atomic mass is 35.5. The Labute approximate surface area is 160 Å². The van der Waals surface area contributed by atoms with Gasteiger partial charge in [-0.25, -0.2) is 4.79 Å². The van der Waals surface area contributed by atoms with Crippen LogP contribution in [0.3, 0.4) is 0 Å². The van der Waals surface area contributed by atoms with Gasteiger partial charge in [0.25, 0.3) is 5.69 Å². The lowest BCUT2D eigenvalue weighted by atomic mass is 10.1. The molecule has 132 valence electrons. The molecule has 0 radical (unpaired) electrons. The molecule has 26 heavy (non-hydrogen) atoms. The average molecular weight is 387 g/mol. The lowest BCUT2D eigenvalue weighted by molar-refractivity contribution is -0.480. The number of benzene rings is 2. The Morgan fingerprint density at radius 1 is 1.08 bits per heavy atom. The number of thiophene rings is 1. The molecular formula is C20H17ClNO3S+. The van der Waals surface area contributed by atoms with Gasteiger partial charge in [-0.3, -0.25) is 0 Å². The molecule has 0 fully saturated rings. The molecule has 0 saturated heterocycles. The molecule has 3 aromatic rings. The van der Waals surface area contributed by atoms with E-state index in [2.05, 4.69) is 6.92 Å². The van der Waals surface area contributed by atoms with Crippen LogP contribution in [-0.4, -0.2) is 15.8 Å². The molecule has 4 nitrogen and oxygen atoms in total. The van der Waals surface area contributed by atoms with E-state index in [9.17, 15) is 14.8 Å². The van der Waals surface area contributed by atoms with Gasteiger partial charge in [-0.2, -0.15) is 0 Å². The summed E-state index contributed by atoms with van der Waals surface area (Å²) < 4.78 is 0.736. The van der Waals surface area contributed by atoms with Crippen LogP contribution >= 0.6 is 22.9 Å². The maximum atomic E-state index is 12.6. The van der Waals surface area contributed by atoms with Crippen molar-refractivity contribution < 1.29 is 14.7 Å². The standard InChI is InChI=1S/C20H16ClNO3S/c1-2-13-3-5-14(6-4-13)11-22(25)17-12-26-19(18(17)20(23)24)15-7-9-16(21)10-8-15/h3-10,12H,2,11H2,1H3/p+1. The van der Waals surface area contributed by atoms with E-state index in [-0.39, 0.29) is 17.8 Å². The Balaban J connectivity index is 1.92. The maximum absolute atomic E-state index is 12.6. The Kier molecular flexibility index (Phi) is 5.49. The number of rotatable bonds is 6. The summed E-state index contributed by atoms with van der Waals surface area (Å²) in [6, 6.07) is 14.7. The van der Waals surface area contributed by atoms with Gasteiger partial charge in [0.1, 0.15) is 0 Å². The van der Waals surface area contributed by atoms with Gasteiger partial charge in [0.2, 0.25) is 6.54 Å². The van der Waals surface area contributed by atoms with E-state index in [0.29, 0.717) is 9.90 Å². The van der Waals surface area contributed by atoms with Gasteiger partial charge in [0, 0.05) is 20.3 Å². The number of nitroso groups, excluding NO2 is 1. The quantitative estimate of drug-likeness (QED) is 0.533. The molecule has 6 heteroatoms. The van der Waals surface area contributed by atoms with Crippen LogP contribution in [0.2, 0.25) is 5.02 Å². The number of nitrogens with zero attached hydrogens (tertiary/aromatic N) is 1. The minimum absolute atomic E-state index is 0.0255. The molecule has 0 saturated carbocycles. The monoisotopic (exact) mass is 386 g/mol. The molecule has 1 N–H and O–H groups in total. The number of carboxylic acid groups (broad SMARTS) is 1. The first kappa shape index (κ1) is 18.3. The summed E-state index contributed by atoms with van der Waals surface area (Å²) in [7, 11) is 0. The Bertz CT molecular complexity index is 946. The lowest BCUT2D eigenvalue weighted by Crippen LogP contribution is -2.06. The van der Waals surface area contributed by atoms with Gasteiger partial charge in [0.15, 0.2) is 5.56 Å². The summed E-state index contributed by atoms with van der Waals surface area (Å²) in [5.41, 5.74) is 2.96. The van der Waals surface area contributed by atoms with E-state index in [4.69, 9.17) is 11.6 Å². The van der Waals surface area contributed by atoms with Gasteiger partial charge < -0.3 is 5.11 Å². The molecule has 0 atom stereocenters. The molecular weight excluding hydrogens is 370 g/mol. The first-order valence-electron chi connectivity index (χ1n) is 8.12. The number of aryl methyl sites for hydroxylation is 1. The van der Waals surface area contributed by atoms with Crippen molar-refractivity contribution in [1.82, 2.24) is 0 Å². The van der Waals surface area contributed by atoms with Crippen molar-refractivity contribution in [3.05, 3.63) is 80.5 Å². The zero-order valence-electron chi connectivity index (χ0n) is 14.1. The van der Waals surface area contributed by atoms with Crippen LogP contribution in [0, 0.1) is 4.91 Å². The van der Waals surface area contributed by atoms with Crippen molar-refractivity contribution in [3.63, 3.8) is 0 Å². The van der Waals surface area contributed by atoms with Gasteiger partial charge >= 0.3 is 5.97 Å². The number of carboxylic acids is 1. The highest BCUT2D eigenvalue weighted by Crippen LogP contribution is 2.38. The number of aromatic carboxylic acids is 1. The summed E-state index contributed by atoms with van der Waals surface area (Å²) in [6.45, 7) is 2.17. The number of carbonyl (C=O) groups is 1. The van der Waals surface area contributed by atoms with Gasteiger partial charge in [0.05, 0.1) is 10.3 Å². The highest BCUT2D eigenvalue weighted by molar-refractivity contribution is 7.14. The summed E-state index contributed by atoms with van der Waals surface area (Å²) in [4.78, 5) is 25.0. The smallest absolute Gasteiger partial charge is 0.344 e. The third-order valence-corrected chi connectivity index (χ3v) is 5.39. The Morgan fingerprint density at radius 3 is 2.27 bits per heavy atom. The van der Waals surface area contributed by atoms with Gasteiger partial charge in [-0.1, -0.05) is 54.9 Å². The molecule has 0 aliphatic heterocycles. The highest BCUT2D eigenvalue weighted by Gasteiger charge is 2.30. The van der Waals surface area contributed by atoms with E-state index in [1.54, 1.807) is 29.6 Å². The fraction of sp³-hybridized carbons (Fsp3) is 0.150. The molecule has 0 aliphatic rings. The number of hydrogen-bond acceptors (Lipinski definition) is 3. The van der Waals surface area contributed by atoms with E-state index in [1.165, 1.54) is 16.9 Å². The largest absolute Gasteiger partial charge is 0.477 e. The van der Waals surface area contributed by atoms with Crippen LogP contribution in [0.25, 0.3) is 10.4 Å². The minimum Gasteiger partial charge on any atom is -0.477 e. The molecule has 0 spiro atoms. The van der Waals surface area contributed by atoms with E-state index in [0.717, 1.165) is 22.3 Å². The lowest BCUT2D eigenvalue weighted by Gasteiger charge is -2.01. The molecule has 0 aliphatic carbocycles. The summed E-state index contributed by atoms with van der Waals surface area (Å²) in [5.74, 6) is -1.12. The predicted octanol–water partition coefficient (Wildman–Crippen LogP) is 5.94. The zero-order chi connectivity index (χ0) is 18.7.